The first-order chi connectivity index (χ1) is 6.29. The molecule has 2 heterocycles. The third kappa shape index (κ3) is 1.79. The zero-order chi connectivity index (χ0) is 9.26. The largest absolute Gasteiger partial charge is 0.372 e. The summed E-state index contributed by atoms with van der Waals surface area (Å²) in [7, 11) is 0. The molecule has 0 atom stereocenters. The molecule has 1 nitrogen and oxygen atoms in total. The zero-order valence-corrected chi connectivity index (χ0v) is 8.34. The van der Waals surface area contributed by atoms with Crippen LogP contribution in [0, 0.1) is 11.8 Å². The average Bonchev–Trinajstić information content (AvgIpc) is 1.99. The summed E-state index contributed by atoms with van der Waals surface area (Å²) in [6.07, 6.45) is 7.60. The summed E-state index contributed by atoms with van der Waals surface area (Å²) in [4.78, 5) is 2.39. The highest BCUT2D eigenvalue weighted by atomic mass is 15.1. The Bertz CT molecular complexity index is 201. The Kier molecular flexibility index (Phi) is 2.43. The van der Waals surface area contributed by atoms with E-state index in [4.69, 9.17) is 0 Å². The van der Waals surface area contributed by atoms with Gasteiger partial charge in [0.1, 0.15) is 0 Å². The van der Waals surface area contributed by atoms with E-state index < -0.39 is 0 Å². The second kappa shape index (κ2) is 3.57. The van der Waals surface area contributed by atoms with Crippen LogP contribution in [-0.2, 0) is 0 Å². The van der Waals surface area contributed by atoms with Crippen LogP contribution in [0.15, 0.2) is 24.9 Å². The van der Waals surface area contributed by atoms with Crippen LogP contribution in [0.2, 0.25) is 0 Å². The molecule has 2 aliphatic heterocycles. The second-order valence-electron chi connectivity index (χ2n) is 4.46. The molecule has 2 bridgehead atoms. The maximum atomic E-state index is 4.02. The highest BCUT2D eigenvalue weighted by molar-refractivity contribution is 5.10. The number of nitrogens with zero attached hydrogens (tertiary/aromatic N) is 1. The summed E-state index contributed by atoms with van der Waals surface area (Å²) in [6, 6.07) is 0. The van der Waals surface area contributed by atoms with Crippen molar-refractivity contribution in [2.24, 2.45) is 11.8 Å². The van der Waals surface area contributed by atoms with Gasteiger partial charge in [-0.15, -0.1) is 0 Å². The summed E-state index contributed by atoms with van der Waals surface area (Å²) < 4.78 is 0. The molecule has 3 rings (SSSR count). The summed E-state index contributed by atoms with van der Waals surface area (Å²) in [6.45, 7) is 10.2. The second-order valence-corrected chi connectivity index (χ2v) is 4.46. The minimum absolute atomic E-state index is 1.02. The number of fused-ring (bicyclic) bond motifs is 4. The van der Waals surface area contributed by atoms with Crippen LogP contribution in [0.25, 0.3) is 0 Å². The first-order valence-electron chi connectivity index (χ1n) is 5.36. The predicted molar refractivity (Wildman–Crippen MR) is 56.4 cm³/mol. The third-order valence-corrected chi connectivity index (χ3v) is 3.59. The molecule has 0 unspecified atom stereocenters. The van der Waals surface area contributed by atoms with Gasteiger partial charge >= 0.3 is 0 Å². The molecule has 3 fully saturated rings. The SMILES string of the molecule is C=CC(=C)N1CCC2CC(CC1)C2. The van der Waals surface area contributed by atoms with Crippen LogP contribution < -0.4 is 0 Å². The first-order valence-corrected chi connectivity index (χ1v) is 5.36. The van der Waals surface area contributed by atoms with E-state index in [0.29, 0.717) is 0 Å². The van der Waals surface area contributed by atoms with Crippen LogP contribution in [-0.4, -0.2) is 18.0 Å². The van der Waals surface area contributed by atoms with Crippen molar-refractivity contribution in [1.29, 1.82) is 0 Å². The lowest BCUT2D eigenvalue weighted by Gasteiger charge is -2.41. The fourth-order valence-electron chi connectivity index (χ4n) is 2.55. The Morgan fingerprint density at radius 3 is 2.15 bits per heavy atom. The topological polar surface area (TPSA) is 3.24 Å². The van der Waals surface area contributed by atoms with Crippen molar-refractivity contribution in [2.45, 2.75) is 25.7 Å². The monoisotopic (exact) mass is 177 g/mol. The summed E-state index contributed by atoms with van der Waals surface area (Å²) in [5.74, 6) is 2.04. The average molecular weight is 177 g/mol. The minimum Gasteiger partial charge on any atom is -0.372 e. The molecular formula is C12H19N. The molecule has 1 heteroatoms. The van der Waals surface area contributed by atoms with E-state index in [1.807, 2.05) is 6.08 Å². The molecule has 0 aromatic rings. The normalized spacial score (nSPS) is 32.8. The molecule has 1 aliphatic carbocycles. The van der Waals surface area contributed by atoms with Gasteiger partial charge in [-0.1, -0.05) is 13.2 Å². The lowest BCUT2D eigenvalue weighted by molar-refractivity contribution is 0.116. The highest BCUT2D eigenvalue weighted by Gasteiger charge is 2.31. The van der Waals surface area contributed by atoms with E-state index >= 15 is 0 Å². The number of hydrogen-bond acceptors (Lipinski definition) is 1. The lowest BCUT2D eigenvalue weighted by atomic mass is 9.70. The number of rotatable bonds is 2. The standard InChI is InChI=1S/C12H19N/c1-3-10(2)13-6-4-11-8-12(9-11)5-7-13/h3,11-12H,1-2,4-9H2. The Hall–Kier alpha value is -0.720. The molecule has 0 N–H and O–H groups in total. The first kappa shape index (κ1) is 8.86. The molecule has 72 valence electrons. The molecule has 2 saturated heterocycles. The van der Waals surface area contributed by atoms with Gasteiger partial charge in [0, 0.05) is 18.8 Å². The fourth-order valence-corrected chi connectivity index (χ4v) is 2.55. The van der Waals surface area contributed by atoms with Gasteiger partial charge in [-0.3, -0.25) is 0 Å². The van der Waals surface area contributed by atoms with Crippen LogP contribution in [0.3, 0.4) is 0 Å². The molecule has 0 radical (unpaired) electrons. The quantitative estimate of drug-likeness (QED) is 0.586. The van der Waals surface area contributed by atoms with Crippen LogP contribution >= 0.6 is 0 Å². The summed E-state index contributed by atoms with van der Waals surface area (Å²) in [5, 5.41) is 0. The van der Waals surface area contributed by atoms with Gasteiger partial charge < -0.3 is 4.90 Å². The third-order valence-electron chi connectivity index (χ3n) is 3.59. The van der Waals surface area contributed by atoms with Crippen molar-refractivity contribution >= 4 is 0 Å². The molecule has 0 aromatic heterocycles. The van der Waals surface area contributed by atoms with Crippen LogP contribution in [0.5, 0.6) is 0 Å². The van der Waals surface area contributed by atoms with Gasteiger partial charge in [0.15, 0.2) is 0 Å². The summed E-state index contributed by atoms with van der Waals surface area (Å²) >= 11 is 0. The minimum atomic E-state index is 1.02. The van der Waals surface area contributed by atoms with Gasteiger partial charge in [0.25, 0.3) is 0 Å². The van der Waals surface area contributed by atoms with E-state index in [-0.39, 0.29) is 0 Å². The van der Waals surface area contributed by atoms with Gasteiger partial charge in [0.2, 0.25) is 0 Å². The maximum absolute atomic E-state index is 4.02. The van der Waals surface area contributed by atoms with Gasteiger partial charge in [-0.2, -0.15) is 0 Å². The van der Waals surface area contributed by atoms with Crippen molar-refractivity contribution in [3.8, 4) is 0 Å². The van der Waals surface area contributed by atoms with Gasteiger partial charge in [-0.25, -0.2) is 0 Å². The maximum Gasteiger partial charge on any atom is 0.0287 e. The lowest BCUT2D eigenvalue weighted by Crippen LogP contribution is -2.36. The van der Waals surface area contributed by atoms with E-state index in [1.54, 1.807) is 0 Å². The molecule has 3 aliphatic rings. The smallest absolute Gasteiger partial charge is 0.0287 e. The Balaban J connectivity index is 1.91. The molecule has 13 heavy (non-hydrogen) atoms. The molecule has 0 amide bonds. The van der Waals surface area contributed by atoms with Crippen molar-refractivity contribution in [3.05, 3.63) is 24.9 Å². The molecule has 0 aromatic carbocycles. The highest BCUT2D eigenvalue weighted by Crippen LogP contribution is 2.40. The van der Waals surface area contributed by atoms with Crippen molar-refractivity contribution < 1.29 is 0 Å². The van der Waals surface area contributed by atoms with Gasteiger partial charge in [-0.05, 0) is 43.6 Å². The van der Waals surface area contributed by atoms with Crippen LogP contribution in [0.1, 0.15) is 25.7 Å². The molecular weight excluding hydrogens is 158 g/mol. The van der Waals surface area contributed by atoms with Crippen molar-refractivity contribution in [2.75, 3.05) is 13.1 Å². The number of hydrogen-bond donors (Lipinski definition) is 0. The summed E-state index contributed by atoms with van der Waals surface area (Å²) in [5.41, 5.74) is 1.11. The fraction of sp³-hybridized carbons (Fsp3) is 0.667. The Morgan fingerprint density at radius 2 is 1.69 bits per heavy atom. The Morgan fingerprint density at radius 1 is 1.15 bits per heavy atom. The van der Waals surface area contributed by atoms with E-state index in [1.165, 1.54) is 38.8 Å². The van der Waals surface area contributed by atoms with E-state index in [0.717, 1.165) is 17.5 Å². The van der Waals surface area contributed by atoms with Crippen LogP contribution in [0.4, 0.5) is 0 Å². The Labute approximate surface area is 81.1 Å². The zero-order valence-electron chi connectivity index (χ0n) is 8.34. The van der Waals surface area contributed by atoms with E-state index in [9.17, 15) is 0 Å². The van der Waals surface area contributed by atoms with E-state index in [2.05, 4.69) is 18.1 Å². The van der Waals surface area contributed by atoms with Gasteiger partial charge in [0.05, 0.1) is 0 Å². The molecule has 0 spiro atoms. The molecule has 1 saturated carbocycles. The predicted octanol–water partition coefficient (Wildman–Crippen LogP) is 2.81. The van der Waals surface area contributed by atoms with Crippen molar-refractivity contribution in [3.63, 3.8) is 0 Å². The number of allylic oxidation sites excluding steroid dienone is 1. The van der Waals surface area contributed by atoms with Crippen molar-refractivity contribution in [1.82, 2.24) is 4.90 Å².